The third-order valence-corrected chi connectivity index (χ3v) is 5.72. The largest absolute Gasteiger partial charge is 0.396 e. The summed E-state index contributed by atoms with van der Waals surface area (Å²) in [4.78, 5) is 24.1. The predicted molar refractivity (Wildman–Crippen MR) is 126 cm³/mol. The van der Waals surface area contributed by atoms with Crippen LogP contribution in [0.25, 0.3) is 0 Å². The van der Waals surface area contributed by atoms with Crippen molar-refractivity contribution in [2.24, 2.45) is 0 Å². The molecule has 0 saturated heterocycles. The smallest absolute Gasteiger partial charge is 0.243 e. The molecule has 1 aliphatic carbocycles. The number of amides is 2. The molecule has 0 aliphatic heterocycles. The van der Waals surface area contributed by atoms with Gasteiger partial charge < -0.3 is 20.8 Å². The van der Waals surface area contributed by atoms with E-state index in [9.17, 15) is 9.59 Å². The second kappa shape index (κ2) is 19.1. The zero-order chi connectivity index (χ0) is 22.6. The molecule has 0 bridgehead atoms. The molecule has 2 amide bonds. The van der Waals surface area contributed by atoms with Crippen LogP contribution in [0.5, 0.6) is 0 Å². The molecular formula is C25H44N2O4. The van der Waals surface area contributed by atoms with Crippen LogP contribution in [0.4, 0.5) is 0 Å². The third-order valence-electron chi connectivity index (χ3n) is 5.72. The lowest BCUT2D eigenvalue weighted by molar-refractivity contribution is -0.117. The molecule has 0 aromatic rings. The van der Waals surface area contributed by atoms with Crippen molar-refractivity contribution < 1.29 is 19.8 Å². The number of hydrogen-bond donors (Lipinski definition) is 4. The molecule has 0 unspecified atom stereocenters. The van der Waals surface area contributed by atoms with Gasteiger partial charge in [0.2, 0.25) is 11.8 Å². The highest BCUT2D eigenvalue weighted by Crippen LogP contribution is 2.19. The van der Waals surface area contributed by atoms with E-state index in [0.29, 0.717) is 0 Å². The molecule has 0 heterocycles. The molecule has 31 heavy (non-hydrogen) atoms. The Labute approximate surface area is 188 Å². The summed E-state index contributed by atoms with van der Waals surface area (Å²) in [6, 6.07) is 0.257. The van der Waals surface area contributed by atoms with Crippen LogP contribution in [0.1, 0.15) is 96.3 Å². The number of nitrogens with one attached hydrogen (secondary N) is 2. The Balaban J connectivity index is 2.07. The minimum atomic E-state index is -0.0452. The Hall–Kier alpha value is -1.66. The van der Waals surface area contributed by atoms with Crippen molar-refractivity contribution in [3.05, 3.63) is 24.3 Å². The zero-order valence-corrected chi connectivity index (χ0v) is 19.2. The first-order valence-electron chi connectivity index (χ1n) is 12.3. The second-order valence-corrected chi connectivity index (χ2v) is 8.59. The summed E-state index contributed by atoms with van der Waals surface area (Å²) in [5, 5.41) is 23.6. The fraction of sp³-hybridized carbons (Fsp3) is 0.760. The SMILES string of the molecule is O=C(/C=C/CCCCCCCO)N[C@@H]1CC[C@H](NC(=O)/C=C/CCCCCCCO)C1. The van der Waals surface area contributed by atoms with Gasteiger partial charge in [0.05, 0.1) is 0 Å². The molecule has 178 valence electrons. The Morgan fingerprint density at radius 1 is 0.645 bits per heavy atom. The van der Waals surface area contributed by atoms with Crippen LogP contribution in [0.15, 0.2) is 24.3 Å². The molecule has 4 N–H and O–H groups in total. The first-order chi connectivity index (χ1) is 15.2. The van der Waals surface area contributed by atoms with Crippen molar-refractivity contribution in [1.29, 1.82) is 0 Å². The van der Waals surface area contributed by atoms with Crippen molar-refractivity contribution in [3.63, 3.8) is 0 Å². The maximum absolute atomic E-state index is 12.1. The summed E-state index contributed by atoms with van der Waals surface area (Å²) in [5.41, 5.74) is 0. The maximum Gasteiger partial charge on any atom is 0.243 e. The van der Waals surface area contributed by atoms with Crippen LogP contribution < -0.4 is 10.6 Å². The minimum Gasteiger partial charge on any atom is -0.396 e. The van der Waals surface area contributed by atoms with Crippen molar-refractivity contribution in [2.75, 3.05) is 13.2 Å². The number of aliphatic hydroxyl groups excluding tert-OH is 2. The van der Waals surface area contributed by atoms with Gasteiger partial charge in [0.25, 0.3) is 0 Å². The van der Waals surface area contributed by atoms with E-state index in [0.717, 1.165) is 96.3 Å². The highest BCUT2D eigenvalue weighted by Gasteiger charge is 2.26. The van der Waals surface area contributed by atoms with Crippen LogP contribution in [-0.2, 0) is 9.59 Å². The van der Waals surface area contributed by atoms with E-state index in [1.54, 1.807) is 12.2 Å². The molecular weight excluding hydrogens is 392 g/mol. The van der Waals surface area contributed by atoms with Crippen LogP contribution in [0.2, 0.25) is 0 Å². The van der Waals surface area contributed by atoms with Crippen molar-refractivity contribution in [1.82, 2.24) is 10.6 Å². The normalized spacial score (nSPS) is 18.8. The number of hydrogen-bond acceptors (Lipinski definition) is 4. The fourth-order valence-electron chi connectivity index (χ4n) is 3.93. The first-order valence-corrected chi connectivity index (χ1v) is 12.3. The molecule has 6 nitrogen and oxygen atoms in total. The number of aliphatic hydroxyl groups is 2. The summed E-state index contributed by atoms with van der Waals surface area (Å²) in [6.45, 7) is 0.547. The average molecular weight is 437 g/mol. The van der Waals surface area contributed by atoms with E-state index >= 15 is 0 Å². The Morgan fingerprint density at radius 3 is 1.45 bits per heavy atom. The van der Waals surface area contributed by atoms with Crippen molar-refractivity contribution in [2.45, 2.75) is 108 Å². The number of unbranched alkanes of at least 4 members (excludes halogenated alkanes) is 10. The van der Waals surface area contributed by atoms with Gasteiger partial charge in [-0.3, -0.25) is 9.59 Å². The molecule has 0 radical (unpaired) electrons. The maximum atomic E-state index is 12.1. The number of carbonyl (C=O) groups excluding carboxylic acids is 2. The van der Waals surface area contributed by atoms with Crippen LogP contribution in [0, 0.1) is 0 Å². The van der Waals surface area contributed by atoms with Crippen LogP contribution in [-0.4, -0.2) is 47.3 Å². The van der Waals surface area contributed by atoms with Crippen LogP contribution >= 0.6 is 0 Å². The molecule has 0 spiro atoms. The van der Waals surface area contributed by atoms with Crippen LogP contribution in [0.3, 0.4) is 0 Å². The van der Waals surface area contributed by atoms with E-state index in [1.807, 2.05) is 12.2 Å². The lowest BCUT2D eigenvalue weighted by atomic mass is 10.1. The highest BCUT2D eigenvalue weighted by molar-refractivity contribution is 5.88. The summed E-state index contributed by atoms with van der Waals surface area (Å²) in [6.07, 6.45) is 22.1. The molecule has 1 fully saturated rings. The molecule has 1 rings (SSSR count). The molecule has 2 atom stereocenters. The van der Waals surface area contributed by atoms with E-state index in [1.165, 1.54) is 0 Å². The average Bonchev–Trinajstić information content (AvgIpc) is 3.18. The lowest BCUT2D eigenvalue weighted by Crippen LogP contribution is -2.36. The molecule has 1 saturated carbocycles. The third kappa shape index (κ3) is 15.7. The van der Waals surface area contributed by atoms with E-state index < -0.39 is 0 Å². The quantitative estimate of drug-likeness (QED) is 0.193. The Kier molecular flexibility index (Phi) is 16.8. The lowest BCUT2D eigenvalue weighted by Gasteiger charge is -2.13. The standard InChI is InChI=1S/C25H44N2O4/c28-19-13-9-5-1-3-7-11-15-24(30)26-22-17-18-23(21-22)27-25(31)16-12-8-4-2-6-10-14-20-29/h11-12,15-16,22-23,28-29H,1-10,13-14,17-21H2,(H,26,30)(H,27,31)/b15-11+,16-12+/t22-,23+. The molecule has 0 aromatic carbocycles. The van der Waals surface area contributed by atoms with Gasteiger partial charge in [0, 0.05) is 25.3 Å². The number of allylic oxidation sites excluding steroid dienone is 2. The first kappa shape index (κ1) is 27.4. The molecule has 1 aliphatic rings. The molecule has 6 heteroatoms. The number of carbonyl (C=O) groups is 2. The van der Waals surface area contributed by atoms with E-state index in [-0.39, 0.29) is 37.1 Å². The monoisotopic (exact) mass is 436 g/mol. The van der Waals surface area contributed by atoms with Gasteiger partial charge in [-0.25, -0.2) is 0 Å². The summed E-state index contributed by atoms with van der Waals surface area (Å²) < 4.78 is 0. The summed E-state index contributed by atoms with van der Waals surface area (Å²) >= 11 is 0. The Bertz CT molecular complexity index is 488. The zero-order valence-electron chi connectivity index (χ0n) is 19.2. The van der Waals surface area contributed by atoms with Gasteiger partial charge in [-0.15, -0.1) is 0 Å². The van der Waals surface area contributed by atoms with E-state index in [4.69, 9.17) is 10.2 Å². The van der Waals surface area contributed by atoms with E-state index in [2.05, 4.69) is 10.6 Å². The molecule has 0 aromatic heterocycles. The highest BCUT2D eigenvalue weighted by atomic mass is 16.3. The Morgan fingerprint density at radius 2 is 1.03 bits per heavy atom. The van der Waals surface area contributed by atoms with Gasteiger partial charge in [0.1, 0.15) is 0 Å². The fourth-order valence-corrected chi connectivity index (χ4v) is 3.93. The van der Waals surface area contributed by atoms with Gasteiger partial charge in [-0.2, -0.15) is 0 Å². The predicted octanol–water partition coefficient (Wildman–Crippen LogP) is 3.92. The van der Waals surface area contributed by atoms with Crippen molar-refractivity contribution >= 4 is 11.8 Å². The van der Waals surface area contributed by atoms with Crippen molar-refractivity contribution in [3.8, 4) is 0 Å². The number of rotatable bonds is 18. The minimum absolute atomic E-state index is 0.0452. The van der Waals surface area contributed by atoms with Gasteiger partial charge in [-0.05, 0) is 69.9 Å². The second-order valence-electron chi connectivity index (χ2n) is 8.59. The summed E-state index contributed by atoms with van der Waals surface area (Å²) in [5.74, 6) is -0.0905. The van der Waals surface area contributed by atoms with Gasteiger partial charge in [-0.1, -0.05) is 50.7 Å². The topological polar surface area (TPSA) is 98.7 Å². The van der Waals surface area contributed by atoms with Gasteiger partial charge >= 0.3 is 0 Å². The summed E-state index contributed by atoms with van der Waals surface area (Å²) in [7, 11) is 0. The van der Waals surface area contributed by atoms with Gasteiger partial charge in [0.15, 0.2) is 0 Å².